The number of hydrogen-bond acceptors (Lipinski definition) is 5. The lowest BCUT2D eigenvalue weighted by molar-refractivity contribution is -0.116. The van der Waals surface area contributed by atoms with Gasteiger partial charge in [-0.1, -0.05) is 42.0 Å². The minimum atomic E-state index is -3.78. The Morgan fingerprint density at radius 2 is 1.80 bits per heavy atom. The van der Waals surface area contributed by atoms with Gasteiger partial charge in [0, 0.05) is 19.6 Å². The third-order valence-corrected chi connectivity index (χ3v) is 6.76. The van der Waals surface area contributed by atoms with Crippen molar-refractivity contribution in [2.24, 2.45) is 0 Å². The Balaban J connectivity index is 1.70. The van der Waals surface area contributed by atoms with Gasteiger partial charge < -0.3 is 10.1 Å². The Morgan fingerprint density at radius 3 is 2.53 bits per heavy atom. The smallest absolute Gasteiger partial charge is 0.339 e. The molecule has 2 aromatic carbocycles. The highest BCUT2D eigenvalue weighted by Gasteiger charge is 2.34. The summed E-state index contributed by atoms with van der Waals surface area (Å²) < 4.78 is 33.3. The second-order valence-electron chi connectivity index (χ2n) is 7.10. The van der Waals surface area contributed by atoms with Crippen LogP contribution in [0.25, 0.3) is 0 Å². The second kappa shape index (κ2) is 9.38. The van der Waals surface area contributed by atoms with Crippen molar-refractivity contribution in [3.63, 3.8) is 0 Å². The number of nitrogens with zero attached hydrogens (tertiary/aromatic N) is 2. The fraction of sp³-hybridized carbons (Fsp3) is 0.333. The van der Waals surface area contributed by atoms with Crippen LogP contribution in [0.5, 0.6) is 0 Å². The zero-order chi connectivity index (χ0) is 21.7. The highest BCUT2D eigenvalue weighted by atomic mass is 32.2. The molecular weight excluding hydrogens is 406 g/mol. The minimum absolute atomic E-state index is 0.205. The number of esters is 1. The number of carbonyl (C=O) groups excluding carboxylic acids is 2. The number of nitrogens with one attached hydrogen (secondary N) is 1. The number of anilines is 1. The number of aryl methyl sites for hydroxylation is 1. The van der Waals surface area contributed by atoms with E-state index in [1.165, 1.54) is 21.8 Å². The van der Waals surface area contributed by atoms with Crippen LogP contribution in [0.3, 0.4) is 0 Å². The van der Waals surface area contributed by atoms with E-state index in [0.29, 0.717) is 13.0 Å². The van der Waals surface area contributed by atoms with E-state index in [0.717, 1.165) is 11.1 Å². The predicted octanol–water partition coefficient (Wildman–Crippen LogP) is 2.17. The number of carbonyl (C=O) groups is 2. The summed E-state index contributed by atoms with van der Waals surface area (Å²) in [5.41, 5.74) is 2.44. The molecule has 0 atom stereocenters. The summed E-state index contributed by atoms with van der Waals surface area (Å²) in [5, 5.41) is 2.62. The SMILES string of the molecule is COC(=O)c1ccccc1NC(=O)CN1CCCN(Cc2cccc(C)c2)S1(=O)=O. The van der Waals surface area contributed by atoms with Crippen LogP contribution in [-0.2, 0) is 26.3 Å². The van der Waals surface area contributed by atoms with E-state index >= 15 is 0 Å². The Bertz CT molecular complexity index is 1040. The van der Waals surface area contributed by atoms with E-state index in [4.69, 9.17) is 4.74 Å². The molecule has 0 spiro atoms. The second-order valence-corrected chi connectivity index (χ2v) is 9.03. The summed E-state index contributed by atoms with van der Waals surface area (Å²) in [7, 11) is -2.53. The molecule has 1 N–H and O–H groups in total. The molecule has 1 saturated heterocycles. The summed E-state index contributed by atoms with van der Waals surface area (Å²) in [6, 6.07) is 14.1. The lowest BCUT2D eigenvalue weighted by atomic mass is 10.1. The average Bonchev–Trinajstić information content (AvgIpc) is 2.71. The Kier molecular flexibility index (Phi) is 6.86. The van der Waals surface area contributed by atoms with Crippen molar-refractivity contribution in [2.75, 3.05) is 32.1 Å². The van der Waals surface area contributed by atoms with Crippen LogP contribution < -0.4 is 5.32 Å². The molecule has 1 aliphatic rings. The number of ether oxygens (including phenoxy) is 1. The lowest BCUT2D eigenvalue weighted by Crippen LogP contribution is -2.51. The highest BCUT2D eigenvalue weighted by molar-refractivity contribution is 7.86. The molecule has 2 aromatic rings. The molecule has 1 aliphatic heterocycles. The topological polar surface area (TPSA) is 96.0 Å². The van der Waals surface area contributed by atoms with E-state index in [1.54, 1.807) is 18.2 Å². The fourth-order valence-electron chi connectivity index (χ4n) is 3.38. The molecule has 0 bridgehead atoms. The van der Waals surface area contributed by atoms with E-state index in [9.17, 15) is 18.0 Å². The van der Waals surface area contributed by atoms with Gasteiger partial charge in [0.25, 0.3) is 10.2 Å². The molecule has 0 radical (unpaired) electrons. The van der Waals surface area contributed by atoms with Crippen LogP contribution in [0.4, 0.5) is 5.69 Å². The van der Waals surface area contributed by atoms with Crippen LogP contribution >= 0.6 is 0 Å². The Hall–Kier alpha value is -2.75. The van der Waals surface area contributed by atoms with E-state index in [-0.39, 0.29) is 30.9 Å². The van der Waals surface area contributed by atoms with Gasteiger partial charge in [-0.2, -0.15) is 17.0 Å². The largest absolute Gasteiger partial charge is 0.465 e. The monoisotopic (exact) mass is 431 g/mol. The van der Waals surface area contributed by atoms with Gasteiger partial charge >= 0.3 is 5.97 Å². The van der Waals surface area contributed by atoms with Crippen molar-refractivity contribution in [2.45, 2.75) is 19.9 Å². The molecule has 8 nitrogen and oxygen atoms in total. The number of methoxy groups -OCH3 is 1. The number of amides is 1. The zero-order valence-corrected chi connectivity index (χ0v) is 17.8. The fourth-order valence-corrected chi connectivity index (χ4v) is 5.02. The molecule has 160 valence electrons. The lowest BCUT2D eigenvalue weighted by Gasteiger charge is -2.34. The van der Waals surface area contributed by atoms with E-state index < -0.39 is 22.1 Å². The number of rotatable bonds is 6. The molecule has 0 aliphatic carbocycles. The van der Waals surface area contributed by atoms with E-state index in [2.05, 4.69) is 5.32 Å². The van der Waals surface area contributed by atoms with Gasteiger partial charge in [-0.15, -0.1) is 0 Å². The molecule has 30 heavy (non-hydrogen) atoms. The molecule has 1 fully saturated rings. The van der Waals surface area contributed by atoms with Gasteiger partial charge in [0.2, 0.25) is 5.91 Å². The third-order valence-electron chi connectivity index (χ3n) is 4.84. The summed E-state index contributed by atoms with van der Waals surface area (Å²) in [6.07, 6.45) is 0.622. The third kappa shape index (κ3) is 5.05. The summed E-state index contributed by atoms with van der Waals surface area (Å²) >= 11 is 0. The minimum Gasteiger partial charge on any atom is -0.465 e. The molecule has 0 saturated carbocycles. The van der Waals surface area contributed by atoms with Crippen molar-refractivity contribution in [3.05, 3.63) is 65.2 Å². The number of hydrogen-bond donors (Lipinski definition) is 1. The normalized spacial score (nSPS) is 16.7. The van der Waals surface area contributed by atoms with Gasteiger partial charge in [-0.05, 0) is 31.0 Å². The van der Waals surface area contributed by atoms with Crippen molar-refractivity contribution < 1.29 is 22.7 Å². The standard InChI is InChI=1S/C21H25N3O5S/c1-16-7-5-8-17(13-16)14-23-11-6-12-24(30(23,27)28)15-20(25)22-19-10-4-3-9-18(19)21(26)29-2/h3-5,7-10,13H,6,11-12,14-15H2,1-2H3,(H,22,25). The van der Waals surface area contributed by atoms with Gasteiger partial charge in [0.05, 0.1) is 24.9 Å². The summed E-state index contributed by atoms with van der Waals surface area (Å²) in [4.78, 5) is 24.4. The molecule has 0 aromatic heterocycles. The van der Waals surface area contributed by atoms with Crippen LogP contribution in [0, 0.1) is 6.92 Å². The summed E-state index contributed by atoms with van der Waals surface area (Å²) in [5.74, 6) is -1.10. The average molecular weight is 432 g/mol. The first kappa shape index (κ1) is 21.9. The van der Waals surface area contributed by atoms with Crippen molar-refractivity contribution in [1.82, 2.24) is 8.61 Å². The molecule has 1 amide bonds. The number of para-hydroxylation sites is 1. The molecule has 3 rings (SSSR count). The van der Waals surface area contributed by atoms with Crippen LogP contribution in [0.15, 0.2) is 48.5 Å². The van der Waals surface area contributed by atoms with Crippen LogP contribution in [0.1, 0.15) is 27.9 Å². The predicted molar refractivity (Wildman–Crippen MR) is 113 cm³/mol. The van der Waals surface area contributed by atoms with Crippen molar-refractivity contribution in [3.8, 4) is 0 Å². The van der Waals surface area contributed by atoms with Crippen LogP contribution in [-0.4, -0.2) is 55.6 Å². The van der Waals surface area contributed by atoms with Gasteiger partial charge in [0.1, 0.15) is 0 Å². The van der Waals surface area contributed by atoms with Gasteiger partial charge in [-0.3, -0.25) is 4.79 Å². The molecule has 9 heteroatoms. The van der Waals surface area contributed by atoms with Gasteiger partial charge in [0.15, 0.2) is 0 Å². The maximum atomic E-state index is 13.0. The van der Waals surface area contributed by atoms with Gasteiger partial charge in [-0.25, -0.2) is 4.79 Å². The first-order chi connectivity index (χ1) is 14.3. The molecule has 1 heterocycles. The quantitative estimate of drug-likeness (QED) is 0.707. The maximum absolute atomic E-state index is 13.0. The molecular formula is C21H25N3O5S. The maximum Gasteiger partial charge on any atom is 0.339 e. The summed E-state index contributed by atoms with van der Waals surface area (Å²) in [6.45, 7) is 2.55. The highest BCUT2D eigenvalue weighted by Crippen LogP contribution is 2.21. The van der Waals surface area contributed by atoms with E-state index in [1.807, 2.05) is 31.2 Å². The molecule has 0 unspecified atom stereocenters. The van der Waals surface area contributed by atoms with Crippen molar-refractivity contribution >= 4 is 27.8 Å². The Labute approximate surface area is 176 Å². The Morgan fingerprint density at radius 1 is 1.07 bits per heavy atom. The van der Waals surface area contributed by atoms with Crippen molar-refractivity contribution in [1.29, 1.82) is 0 Å². The first-order valence-corrected chi connectivity index (χ1v) is 11.0. The number of benzene rings is 2. The first-order valence-electron chi connectivity index (χ1n) is 9.59. The van der Waals surface area contributed by atoms with Crippen LogP contribution in [0.2, 0.25) is 0 Å². The zero-order valence-electron chi connectivity index (χ0n) is 17.0.